The Bertz CT molecular complexity index is 1610. The van der Waals surface area contributed by atoms with Crippen molar-refractivity contribution in [3.8, 4) is 0 Å². The van der Waals surface area contributed by atoms with Crippen LogP contribution in [-0.4, -0.2) is 49.9 Å². The van der Waals surface area contributed by atoms with Gasteiger partial charge in [-0.15, -0.1) is 0 Å². The van der Waals surface area contributed by atoms with Gasteiger partial charge in [0.2, 0.25) is 0 Å². The van der Waals surface area contributed by atoms with Crippen LogP contribution in [0.25, 0.3) is 0 Å². The number of hydrogen-bond donors (Lipinski definition) is 1. The predicted octanol–water partition coefficient (Wildman–Crippen LogP) is 4.75. The zero-order valence-corrected chi connectivity index (χ0v) is 12.0. The Labute approximate surface area is 197 Å². The van der Waals surface area contributed by atoms with Gasteiger partial charge in [-0.2, -0.15) is 0 Å². The highest BCUT2D eigenvalue weighted by Crippen LogP contribution is 2.43. The van der Waals surface area contributed by atoms with Gasteiger partial charge >= 0.3 is 7.82 Å². The number of phosphoric ester groups is 1. The van der Waals surface area contributed by atoms with Crippen molar-refractivity contribution in [2.24, 2.45) is 0 Å². The molecule has 0 bridgehead atoms. The summed E-state index contributed by atoms with van der Waals surface area (Å²) in [6, 6.07) is 0. The van der Waals surface area contributed by atoms with Crippen molar-refractivity contribution >= 4 is 7.82 Å². The molecule has 0 fully saturated rings. The van der Waals surface area contributed by atoms with E-state index in [1.54, 1.807) is 0 Å². The fourth-order valence-electron chi connectivity index (χ4n) is 0.521. The lowest BCUT2D eigenvalue weighted by Gasteiger charge is -2.24. The Morgan fingerprint density at radius 1 is 0.913 bits per heavy atom. The molecule has 0 rings (SSSR count). The predicted molar refractivity (Wildman–Crippen MR) is 96.5 cm³/mol. The van der Waals surface area contributed by atoms with Gasteiger partial charge in [-0.1, -0.05) is 64.2 Å². The Morgan fingerprint density at radius 3 is 2.00 bits per heavy atom. The van der Waals surface area contributed by atoms with Crippen molar-refractivity contribution in [1.29, 1.82) is 0 Å². The summed E-state index contributed by atoms with van der Waals surface area (Å²) in [5.74, 6) is 0. The maximum Gasteiger partial charge on any atom is 0.472 e. The fraction of sp³-hybridized carbons (Fsp3) is 1.00. The molecule has 0 spiro atoms. The highest BCUT2D eigenvalue weighted by atomic mass is 31.2. The molecule has 0 heterocycles. The number of quaternary nitrogens is 1. The highest BCUT2D eigenvalue weighted by Gasteiger charge is 2.21. The number of phosphoric acid groups is 1. The smallest absolute Gasteiger partial charge is 0.329 e. The van der Waals surface area contributed by atoms with Crippen LogP contribution in [0, 0.1) is 0 Å². The first-order valence-corrected chi connectivity index (χ1v) is 6.55. The third kappa shape index (κ3) is 18.3. The van der Waals surface area contributed by atoms with E-state index in [4.69, 9.17) is 52.1 Å². The largest absolute Gasteiger partial charge is 0.472 e. The molecular formula is C17H39NO4P+. The van der Waals surface area contributed by atoms with Gasteiger partial charge in [-0.25, -0.2) is 4.57 Å². The van der Waals surface area contributed by atoms with Gasteiger partial charge in [0, 0.05) is 31.5 Å². The van der Waals surface area contributed by atoms with Gasteiger partial charge < -0.3 is 9.38 Å². The van der Waals surface area contributed by atoms with Gasteiger partial charge in [0.05, 0.1) is 48.0 Å². The average Bonchev–Trinajstić information content (AvgIpc) is 2.91. The molecule has 0 aliphatic rings. The van der Waals surface area contributed by atoms with Crippen LogP contribution in [0.5, 0.6) is 0 Å². The summed E-state index contributed by atoms with van der Waals surface area (Å²) in [7, 11) is -7.16. The fourth-order valence-corrected chi connectivity index (χ4v) is 0.876. The second-order valence-corrected chi connectivity index (χ2v) is 4.19. The molecule has 0 radical (unpaired) electrons. The first kappa shape index (κ1) is 3.11. The van der Waals surface area contributed by atoms with Crippen LogP contribution in [0.15, 0.2) is 0 Å². The normalized spacial score (nSPS) is 49.6. The summed E-state index contributed by atoms with van der Waals surface area (Å²) < 4.78 is 314. The van der Waals surface area contributed by atoms with E-state index in [9.17, 15) is 9.46 Å². The molecule has 1 N–H and O–H groups in total. The molecule has 0 aromatic rings. The van der Waals surface area contributed by atoms with Crippen molar-refractivity contribution in [3.05, 3.63) is 0 Å². The van der Waals surface area contributed by atoms with E-state index in [0.717, 1.165) is 0 Å². The third-order valence-corrected chi connectivity index (χ3v) is 1.79. The lowest BCUT2D eigenvalue weighted by molar-refractivity contribution is -0.870. The first-order valence-electron chi connectivity index (χ1n) is 24.1. The summed E-state index contributed by atoms with van der Waals surface area (Å²) in [5.41, 5.74) is 0. The molecular weight excluding hydrogens is 313 g/mol. The van der Waals surface area contributed by atoms with Crippen molar-refractivity contribution < 1.29 is 75.1 Å². The minimum atomic E-state index is -7.16. The van der Waals surface area contributed by atoms with E-state index in [0.29, 0.717) is 0 Å². The topological polar surface area (TPSA) is 55.8 Å². The molecule has 23 heavy (non-hydrogen) atoms. The molecule has 5 nitrogen and oxygen atoms in total. The van der Waals surface area contributed by atoms with E-state index in [2.05, 4.69) is 9.05 Å². The number of likely N-dealkylation sites (N-methyl/N-ethyl adjacent to an activating group) is 1. The maximum absolute atomic E-state index is 13.0. The average molecular weight is 391 g/mol. The monoisotopic (exact) mass is 390 g/mol. The van der Waals surface area contributed by atoms with Crippen molar-refractivity contribution in [2.75, 3.05) is 40.5 Å². The quantitative estimate of drug-likeness (QED) is 0.305. The SMILES string of the molecule is [2H]C([2H])([2H])C([2H])([2H])C([2H])([2H])C([2H])([2H])C([2H])([2H])C([2H])([2H])C([2H])([2H])C([2H])([2H])C([2H])([2H])C([2H])([2H])C([2H])([2H])C([2H])([2H])OP(=O)(O)OC([2H])([2H])C([2H])([2H])[N+](C([2H])([2H])[2H])(C([2H])([2H])[2H])C([2H])([2H])[2H]. The van der Waals surface area contributed by atoms with Crippen LogP contribution in [-0.2, 0) is 13.6 Å². The molecule has 140 valence electrons. The minimum Gasteiger partial charge on any atom is -0.329 e. The Hall–Kier alpha value is 0.0700. The summed E-state index contributed by atoms with van der Waals surface area (Å²) in [4.78, 5) is 10.3. The molecule has 1 unspecified atom stereocenters. The van der Waals surface area contributed by atoms with E-state index < -0.39 is 123 Å². The summed E-state index contributed by atoms with van der Waals surface area (Å²) in [6.07, 6.45) is -50.5. The van der Waals surface area contributed by atoms with E-state index >= 15 is 0 Å². The Morgan fingerprint density at radius 2 is 1.43 bits per heavy atom. The van der Waals surface area contributed by atoms with Crippen molar-refractivity contribution in [3.63, 3.8) is 0 Å². The minimum absolute atomic E-state index is 3.82. The first-order chi connectivity index (χ1) is 25.4. The third-order valence-electron chi connectivity index (χ3n) is 1.15. The second-order valence-electron chi connectivity index (χ2n) is 2.89. The second kappa shape index (κ2) is 13.4. The van der Waals surface area contributed by atoms with E-state index in [-0.39, 0.29) is 0 Å². The zero-order chi connectivity index (χ0) is 50.9. The van der Waals surface area contributed by atoms with Crippen molar-refractivity contribution in [2.45, 2.75) is 70.6 Å². The van der Waals surface area contributed by atoms with Crippen LogP contribution in [0.2, 0.25) is 0 Å². The number of rotatable bonds is 16. The molecule has 0 aliphatic heterocycles. The van der Waals surface area contributed by atoms with Gasteiger partial charge in [0.25, 0.3) is 0 Å². The summed E-state index contributed by atoms with van der Waals surface area (Å²) in [5, 5.41) is 0. The van der Waals surface area contributed by atoms with Gasteiger partial charge in [0.1, 0.15) is 13.1 Å². The van der Waals surface area contributed by atoms with E-state index in [1.165, 1.54) is 0 Å². The number of hydrogen-bond acceptors (Lipinski definition) is 3. The molecule has 1 atom stereocenters. The molecule has 0 amide bonds. The zero-order valence-electron chi connectivity index (χ0n) is 49.1. The maximum atomic E-state index is 13.0. The lowest BCUT2D eigenvalue weighted by Crippen LogP contribution is -2.37. The van der Waals surface area contributed by atoms with Crippen LogP contribution in [0.4, 0.5) is 0 Å². The van der Waals surface area contributed by atoms with Crippen molar-refractivity contribution in [1.82, 2.24) is 0 Å². The molecule has 0 saturated carbocycles. The van der Waals surface area contributed by atoms with Crippen LogP contribution in [0.1, 0.15) is 123 Å². The van der Waals surface area contributed by atoms with Gasteiger partial charge in [-0.05, 0) is 6.37 Å². The van der Waals surface area contributed by atoms with Crippen LogP contribution in [0.3, 0.4) is 0 Å². The van der Waals surface area contributed by atoms with Crippen LogP contribution < -0.4 is 0 Å². The Balaban J connectivity index is 7.60. The lowest BCUT2D eigenvalue weighted by atomic mass is 10.1. The highest BCUT2D eigenvalue weighted by molar-refractivity contribution is 7.47. The molecule has 0 aliphatic carbocycles. The number of nitrogens with zero attached hydrogens (tertiary/aromatic N) is 1. The van der Waals surface area contributed by atoms with Crippen LogP contribution >= 0.6 is 7.82 Å². The molecule has 0 aromatic heterocycles. The summed E-state index contributed by atoms with van der Waals surface area (Å²) in [6.45, 7) is -33.5. The van der Waals surface area contributed by atoms with Gasteiger partial charge in [0.15, 0.2) is 0 Å². The van der Waals surface area contributed by atoms with E-state index in [1.807, 2.05) is 0 Å². The summed E-state index contributed by atoms with van der Waals surface area (Å²) >= 11 is 0. The standard InChI is InChI=1S/C17H38NO4P/c1-5-6-7-8-9-10-11-12-13-14-16-21-23(19,20)22-17-15-18(2,3)4/h5-17H2,1-4H3/p+1/i1D3,2D3,3D3,4D3,5D2,6D2,7D2,8D2,9D2,10D2,11D2,12D2,13D2,14D2,15D2,16D2,17D2. The molecule has 0 saturated heterocycles. The molecule has 0 aromatic carbocycles. The van der Waals surface area contributed by atoms with Gasteiger partial charge in [-0.3, -0.25) is 9.05 Å². The molecule has 6 heteroatoms. The Kier molecular flexibility index (Phi) is 1.81.